The molecule has 21 heavy (non-hydrogen) atoms. The summed E-state index contributed by atoms with van der Waals surface area (Å²) in [5.74, 6) is 1.57. The van der Waals surface area contributed by atoms with Gasteiger partial charge in [0.25, 0.3) is 0 Å². The van der Waals surface area contributed by atoms with Gasteiger partial charge in [0, 0.05) is 37.9 Å². The van der Waals surface area contributed by atoms with Crippen LogP contribution in [0.2, 0.25) is 0 Å². The second kappa shape index (κ2) is 6.49. The van der Waals surface area contributed by atoms with E-state index in [0.29, 0.717) is 6.79 Å². The SMILES string of the molecule is CCCN1CCN(C(=S)Nc2ccc3c(c2)OCO3)CC1. The van der Waals surface area contributed by atoms with Crippen LogP contribution in [0.5, 0.6) is 11.5 Å². The summed E-state index contributed by atoms with van der Waals surface area (Å²) >= 11 is 5.51. The summed E-state index contributed by atoms with van der Waals surface area (Å²) in [4.78, 5) is 4.71. The fourth-order valence-electron chi connectivity index (χ4n) is 2.67. The van der Waals surface area contributed by atoms with Crippen LogP contribution in [0.3, 0.4) is 0 Å². The van der Waals surface area contributed by atoms with Gasteiger partial charge in [0.1, 0.15) is 0 Å². The Morgan fingerprint density at radius 3 is 2.71 bits per heavy atom. The smallest absolute Gasteiger partial charge is 0.231 e. The van der Waals surface area contributed by atoms with Gasteiger partial charge in [-0.25, -0.2) is 0 Å². The monoisotopic (exact) mass is 307 g/mol. The van der Waals surface area contributed by atoms with Crippen molar-refractivity contribution in [3.8, 4) is 11.5 Å². The van der Waals surface area contributed by atoms with E-state index in [2.05, 4.69) is 22.0 Å². The van der Waals surface area contributed by atoms with Gasteiger partial charge in [-0.2, -0.15) is 0 Å². The van der Waals surface area contributed by atoms with Gasteiger partial charge < -0.3 is 19.7 Å². The second-order valence-corrected chi connectivity index (χ2v) is 5.71. The minimum absolute atomic E-state index is 0.294. The van der Waals surface area contributed by atoms with Crippen molar-refractivity contribution in [3.63, 3.8) is 0 Å². The summed E-state index contributed by atoms with van der Waals surface area (Å²) in [5, 5.41) is 4.07. The number of anilines is 1. The van der Waals surface area contributed by atoms with E-state index >= 15 is 0 Å². The molecule has 1 aromatic rings. The van der Waals surface area contributed by atoms with Crippen LogP contribution in [0, 0.1) is 0 Å². The molecule has 0 radical (unpaired) electrons. The Balaban J connectivity index is 1.55. The van der Waals surface area contributed by atoms with Gasteiger partial charge in [0.05, 0.1) is 0 Å². The Morgan fingerprint density at radius 2 is 1.95 bits per heavy atom. The summed E-state index contributed by atoms with van der Waals surface area (Å²) in [6, 6.07) is 5.81. The summed E-state index contributed by atoms with van der Waals surface area (Å²) in [5.41, 5.74) is 0.945. The van der Waals surface area contributed by atoms with Crippen molar-refractivity contribution in [3.05, 3.63) is 18.2 Å². The molecule has 1 saturated heterocycles. The number of benzene rings is 1. The average Bonchev–Trinajstić information content (AvgIpc) is 2.96. The van der Waals surface area contributed by atoms with Gasteiger partial charge in [0.2, 0.25) is 6.79 Å². The third kappa shape index (κ3) is 3.39. The van der Waals surface area contributed by atoms with Crippen molar-refractivity contribution >= 4 is 23.0 Å². The lowest BCUT2D eigenvalue weighted by molar-refractivity contribution is 0.174. The van der Waals surface area contributed by atoms with E-state index in [0.717, 1.165) is 48.5 Å². The van der Waals surface area contributed by atoms with Crippen molar-refractivity contribution in [1.82, 2.24) is 9.80 Å². The van der Waals surface area contributed by atoms with Crippen molar-refractivity contribution in [2.45, 2.75) is 13.3 Å². The maximum atomic E-state index is 5.51. The number of piperazine rings is 1. The zero-order chi connectivity index (χ0) is 14.7. The summed E-state index contributed by atoms with van der Waals surface area (Å²) in [6.07, 6.45) is 1.21. The van der Waals surface area contributed by atoms with Gasteiger partial charge in [-0.3, -0.25) is 4.90 Å². The van der Waals surface area contributed by atoms with Crippen LogP contribution >= 0.6 is 12.2 Å². The highest BCUT2D eigenvalue weighted by Gasteiger charge is 2.19. The highest BCUT2D eigenvalue weighted by atomic mass is 32.1. The molecule has 0 atom stereocenters. The van der Waals surface area contributed by atoms with Gasteiger partial charge in [-0.05, 0) is 37.3 Å². The van der Waals surface area contributed by atoms with E-state index in [9.17, 15) is 0 Å². The lowest BCUT2D eigenvalue weighted by Crippen LogP contribution is -2.49. The highest BCUT2D eigenvalue weighted by molar-refractivity contribution is 7.80. The molecule has 1 N–H and O–H groups in total. The Bertz CT molecular complexity index is 516. The number of hydrogen-bond donors (Lipinski definition) is 1. The number of fused-ring (bicyclic) bond motifs is 1. The number of nitrogens with zero attached hydrogens (tertiary/aromatic N) is 2. The molecule has 6 heteroatoms. The van der Waals surface area contributed by atoms with Gasteiger partial charge in [-0.1, -0.05) is 6.92 Å². The molecule has 114 valence electrons. The third-order valence-corrected chi connectivity index (χ3v) is 4.18. The van der Waals surface area contributed by atoms with Crippen molar-refractivity contribution in [1.29, 1.82) is 0 Å². The standard InChI is InChI=1S/C15H21N3O2S/c1-2-5-17-6-8-18(9-7-17)15(21)16-12-3-4-13-14(10-12)20-11-19-13/h3-4,10H,2,5-9,11H2,1H3,(H,16,21). The molecule has 0 bridgehead atoms. The van der Waals surface area contributed by atoms with Crippen LogP contribution in [0.25, 0.3) is 0 Å². The molecule has 0 saturated carbocycles. The molecular formula is C15H21N3O2S. The Labute approximate surface area is 130 Å². The summed E-state index contributed by atoms with van der Waals surface area (Å²) in [7, 11) is 0. The minimum atomic E-state index is 0.294. The quantitative estimate of drug-likeness (QED) is 0.862. The molecule has 2 heterocycles. The van der Waals surface area contributed by atoms with Crippen LogP contribution < -0.4 is 14.8 Å². The van der Waals surface area contributed by atoms with Gasteiger partial charge in [0.15, 0.2) is 16.6 Å². The fourth-order valence-corrected chi connectivity index (χ4v) is 2.97. The fraction of sp³-hybridized carbons (Fsp3) is 0.533. The van der Waals surface area contributed by atoms with Gasteiger partial charge in [-0.15, -0.1) is 0 Å². The van der Waals surface area contributed by atoms with Crippen LogP contribution in [-0.2, 0) is 0 Å². The predicted octanol–water partition coefficient (Wildman–Crippen LogP) is 2.14. The van der Waals surface area contributed by atoms with E-state index in [1.165, 1.54) is 13.0 Å². The van der Waals surface area contributed by atoms with Crippen molar-refractivity contribution in [2.24, 2.45) is 0 Å². The number of thiocarbonyl (C=S) groups is 1. The molecular weight excluding hydrogens is 286 g/mol. The minimum Gasteiger partial charge on any atom is -0.454 e. The molecule has 0 amide bonds. The van der Waals surface area contributed by atoms with E-state index in [-0.39, 0.29) is 0 Å². The topological polar surface area (TPSA) is 37.0 Å². The summed E-state index contributed by atoms with van der Waals surface area (Å²) in [6.45, 7) is 7.82. The van der Waals surface area contributed by atoms with E-state index in [1.807, 2.05) is 18.2 Å². The van der Waals surface area contributed by atoms with Crippen LogP contribution in [0.4, 0.5) is 5.69 Å². The highest BCUT2D eigenvalue weighted by Crippen LogP contribution is 2.34. The average molecular weight is 307 g/mol. The molecule has 5 nitrogen and oxygen atoms in total. The molecule has 3 rings (SSSR count). The predicted molar refractivity (Wildman–Crippen MR) is 87.1 cm³/mol. The number of rotatable bonds is 3. The molecule has 1 aromatic carbocycles. The zero-order valence-electron chi connectivity index (χ0n) is 12.3. The molecule has 0 aromatic heterocycles. The van der Waals surface area contributed by atoms with Crippen LogP contribution in [-0.4, -0.2) is 54.4 Å². The molecule has 2 aliphatic heterocycles. The first-order chi connectivity index (χ1) is 10.3. The maximum absolute atomic E-state index is 5.51. The van der Waals surface area contributed by atoms with E-state index < -0.39 is 0 Å². The first-order valence-electron chi connectivity index (χ1n) is 7.44. The number of hydrogen-bond acceptors (Lipinski definition) is 4. The Morgan fingerprint density at radius 1 is 1.19 bits per heavy atom. The molecule has 1 fully saturated rings. The molecule has 0 spiro atoms. The van der Waals surface area contributed by atoms with Gasteiger partial charge >= 0.3 is 0 Å². The lowest BCUT2D eigenvalue weighted by Gasteiger charge is -2.36. The first-order valence-corrected chi connectivity index (χ1v) is 7.85. The Kier molecular flexibility index (Phi) is 4.45. The maximum Gasteiger partial charge on any atom is 0.231 e. The zero-order valence-corrected chi connectivity index (χ0v) is 13.1. The van der Waals surface area contributed by atoms with Crippen LogP contribution in [0.1, 0.15) is 13.3 Å². The molecule has 2 aliphatic rings. The number of ether oxygens (including phenoxy) is 2. The second-order valence-electron chi connectivity index (χ2n) is 5.33. The van der Waals surface area contributed by atoms with E-state index in [4.69, 9.17) is 21.7 Å². The normalized spacial score (nSPS) is 17.9. The van der Waals surface area contributed by atoms with Crippen molar-refractivity contribution < 1.29 is 9.47 Å². The lowest BCUT2D eigenvalue weighted by atomic mass is 10.2. The number of nitrogens with one attached hydrogen (secondary N) is 1. The largest absolute Gasteiger partial charge is 0.454 e. The molecule has 0 unspecified atom stereocenters. The Hall–Kier alpha value is -1.53. The van der Waals surface area contributed by atoms with Crippen molar-refractivity contribution in [2.75, 3.05) is 44.8 Å². The molecule has 0 aliphatic carbocycles. The van der Waals surface area contributed by atoms with E-state index in [1.54, 1.807) is 0 Å². The first kappa shape index (κ1) is 14.4. The summed E-state index contributed by atoms with van der Waals surface area (Å²) < 4.78 is 10.7. The van der Waals surface area contributed by atoms with Crippen LogP contribution in [0.15, 0.2) is 18.2 Å². The third-order valence-electron chi connectivity index (χ3n) is 3.82.